The van der Waals surface area contributed by atoms with E-state index in [1.54, 1.807) is 12.1 Å². The number of benzene rings is 1. The van der Waals surface area contributed by atoms with E-state index in [9.17, 15) is 9.18 Å². The number of carbonyl (C=O) groups excluding carboxylic acids is 1. The first kappa shape index (κ1) is 16.6. The molecule has 22 heavy (non-hydrogen) atoms. The van der Waals surface area contributed by atoms with Crippen LogP contribution in [-0.2, 0) is 0 Å². The molecule has 1 aromatic rings. The molecule has 1 saturated heterocycles. The average molecular weight is 307 g/mol. The Labute approximate surface area is 132 Å². The minimum atomic E-state index is -0.219. The molecule has 5 heteroatoms. The molecule has 0 unspecified atom stereocenters. The van der Waals surface area contributed by atoms with Crippen LogP contribution in [0.3, 0.4) is 0 Å². The van der Waals surface area contributed by atoms with E-state index >= 15 is 0 Å². The molecule has 0 atom stereocenters. The van der Waals surface area contributed by atoms with E-state index in [2.05, 4.69) is 24.1 Å². The van der Waals surface area contributed by atoms with Gasteiger partial charge < -0.3 is 15.1 Å². The Morgan fingerprint density at radius 2 is 1.82 bits per heavy atom. The van der Waals surface area contributed by atoms with Crippen molar-refractivity contribution >= 4 is 11.7 Å². The molecule has 4 nitrogen and oxygen atoms in total. The first-order chi connectivity index (χ1) is 10.6. The van der Waals surface area contributed by atoms with Crippen LogP contribution in [0.15, 0.2) is 24.3 Å². The van der Waals surface area contributed by atoms with Crippen molar-refractivity contribution in [1.29, 1.82) is 0 Å². The molecule has 1 heterocycles. The highest BCUT2D eigenvalue weighted by Crippen LogP contribution is 2.16. The first-order valence-electron chi connectivity index (χ1n) is 8.09. The van der Waals surface area contributed by atoms with Crippen molar-refractivity contribution in [3.63, 3.8) is 0 Å². The van der Waals surface area contributed by atoms with Crippen molar-refractivity contribution < 1.29 is 9.18 Å². The zero-order valence-electron chi connectivity index (χ0n) is 13.5. The van der Waals surface area contributed by atoms with Crippen LogP contribution in [0.5, 0.6) is 0 Å². The van der Waals surface area contributed by atoms with Gasteiger partial charge in [-0.3, -0.25) is 0 Å². The number of hydrogen-bond acceptors (Lipinski definition) is 2. The summed E-state index contributed by atoms with van der Waals surface area (Å²) in [6.45, 7) is 8.10. The topological polar surface area (TPSA) is 35.6 Å². The van der Waals surface area contributed by atoms with Crippen molar-refractivity contribution in [3.05, 3.63) is 30.1 Å². The van der Waals surface area contributed by atoms with Gasteiger partial charge in [0.05, 0.1) is 0 Å². The second-order valence-corrected chi connectivity index (χ2v) is 6.22. The molecule has 2 rings (SSSR count). The van der Waals surface area contributed by atoms with E-state index in [0.29, 0.717) is 19.0 Å². The second-order valence-electron chi connectivity index (χ2n) is 6.22. The summed E-state index contributed by atoms with van der Waals surface area (Å²) in [5, 5.41) is 2.99. The number of urea groups is 1. The Bertz CT molecular complexity index is 467. The summed E-state index contributed by atoms with van der Waals surface area (Å²) in [6, 6.07) is 6.56. The standard InChI is InChI=1S/C17H26FN3O/c1-14(2)4-3-9-19-17(22)21-12-10-20(11-13-21)16-7-5-15(18)6-8-16/h5-8,14H,3-4,9-13H2,1-2H3,(H,19,22). The van der Waals surface area contributed by atoms with Gasteiger partial charge in [0.1, 0.15) is 5.82 Å². The fourth-order valence-corrected chi connectivity index (χ4v) is 2.64. The Balaban J connectivity index is 1.72. The number of nitrogens with one attached hydrogen (secondary N) is 1. The predicted octanol–water partition coefficient (Wildman–Crippen LogP) is 3.09. The van der Waals surface area contributed by atoms with Crippen molar-refractivity contribution in [3.8, 4) is 0 Å². The summed E-state index contributed by atoms with van der Waals surface area (Å²) in [5.41, 5.74) is 1.01. The second kappa shape index (κ2) is 8.01. The largest absolute Gasteiger partial charge is 0.368 e. The van der Waals surface area contributed by atoms with Gasteiger partial charge in [0.15, 0.2) is 0 Å². The van der Waals surface area contributed by atoms with Gasteiger partial charge in [-0.25, -0.2) is 9.18 Å². The molecular formula is C17H26FN3O. The lowest BCUT2D eigenvalue weighted by atomic mass is 10.1. The predicted molar refractivity (Wildman–Crippen MR) is 87.7 cm³/mol. The van der Waals surface area contributed by atoms with Crippen LogP contribution < -0.4 is 10.2 Å². The molecular weight excluding hydrogens is 281 g/mol. The summed E-state index contributed by atoms with van der Waals surface area (Å²) in [6.07, 6.45) is 2.16. The quantitative estimate of drug-likeness (QED) is 0.849. The maximum Gasteiger partial charge on any atom is 0.317 e. The molecule has 1 aromatic carbocycles. The Morgan fingerprint density at radius 1 is 1.18 bits per heavy atom. The first-order valence-corrected chi connectivity index (χ1v) is 8.09. The van der Waals surface area contributed by atoms with Gasteiger partial charge in [0, 0.05) is 38.4 Å². The molecule has 0 bridgehead atoms. The minimum Gasteiger partial charge on any atom is -0.368 e. The molecule has 0 aromatic heterocycles. The molecule has 2 amide bonds. The minimum absolute atomic E-state index is 0.0301. The summed E-state index contributed by atoms with van der Waals surface area (Å²) in [4.78, 5) is 16.1. The van der Waals surface area contributed by atoms with Gasteiger partial charge in [-0.05, 0) is 43.0 Å². The number of amides is 2. The maximum absolute atomic E-state index is 12.9. The molecule has 122 valence electrons. The SMILES string of the molecule is CC(C)CCCNC(=O)N1CCN(c2ccc(F)cc2)CC1. The zero-order valence-corrected chi connectivity index (χ0v) is 13.5. The number of carbonyl (C=O) groups is 1. The molecule has 1 aliphatic heterocycles. The van der Waals surface area contributed by atoms with Gasteiger partial charge in [-0.1, -0.05) is 13.8 Å². The number of nitrogens with zero attached hydrogens (tertiary/aromatic N) is 2. The molecule has 0 aliphatic carbocycles. The van der Waals surface area contributed by atoms with Crippen molar-refractivity contribution in [2.24, 2.45) is 5.92 Å². The summed E-state index contributed by atoms with van der Waals surface area (Å²) >= 11 is 0. The zero-order chi connectivity index (χ0) is 15.9. The lowest BCUT2D eigenvalue weighted by Gasteiger charge is -2.36. The average Bonchev–Trinajstić information content (AvgIpc) is 2.52. The summed E-state index contributed by atoms with van der Waals surface area (Å²) < 4.78 is 12.9. The van der Waals surface area contributed by atoms with Gasteiger partial charge in [0.2, 0.25) is 0 Å². The van der Waals surface area contributed by atoms with Crippen LogP contribution in [0.25, 0.3) is 0 Å². The van der Waals surface area contributed by atoms with Crippen molar-refractivity contribution in [2.45, 2.75) is 26.7 Å². The van der Waals surface area contributed by atoms with E-state index in [1.807, 2.05) is 4.90 Å². The van der Waals surface area contributed by atoms with Crippen molar-refractivity contribution in [2.75, 3.05) is 37.6 Å². The number of anilines is 1. The van der Waals surface area contributed by atoms with Crippen molar-refractivity contribution in [1.82, 2.24) is 10.2 Å². The third-order valence-electron chi connectivity index (χ3n) is 3.99. The summed E-state index contributed by atoms with van der Waals surface area (Å²) in [5.74, 6) is 0.458. The molecule has 0 saturated carbocycles. The van der Waals surface area contributed by atoms with Crippen LogP contribution >= 0.6 is 0 Å². The van der Waals surface area contributed by atoms with Gasteiger partial charge >= 0.3 is 6.03 Å². The van der Waals surface area contributed by atoms with E-state index in [0.717, 1.165) is 38.2 Å². The van der Waals surface area contributed by atoms with Gasteiger partial charge in [0.25, 0.3) is 0 Å². The third-order valence-corrected chi connectivity index (χ3v) is 3.99. The molecule has 1 N–H and O–H groups in total. The van der Waals surface area contributed by atoms with E-state index in [1.165, 1.54) is 12.1 Å². The van der Waals surface area contributed by atoms with E-state index < -0.39 is 0 Å². The lowest BCUT2D eigenvalue weighted by molar-refractivity contribution is 0.194. The van der Waals surface area contributed by atoms with Crippen LogP contribution in [0.1, 0.15) is 26.7 Å². The van der Waals surface area contributed by atoms with Crippen LogP contribution in [0.4, 0.5) is 14.9 Å². The van der Waals surface area contributed by atoms with E-state index in [-0.39, 0.29) is 11.8 Å². The third kappa shape index (κ3) is 4.90. The Kier molecular flexibility index (Phi) is 6.04. The highest BCUT2D eigenvalue weighted by atomic mass is 19.1. The van der Waals surface area contributed by atoms with Gasteiger partial charge in [-0.2, -0.15) is 0 Å². The van der Waals surface area contributed by atoms with Crippen LogP contribution in [0, 0.1) is 11.7 Å². The summed E-state index contributed by atoms with van der Waals surface area (Å²) in [7, 11) is 0. The van der Waals surface area contributed by atoms with Crippen LogP contribution in [-0.4, -0.2) is 43.7 Å². The fourth-order valence-electron chi connectivity index (χ4n) is 2.64. The molecule has 1 fully saturated rings. The lowest BCUT2D eigenvalue weighted by Crippen LogP contribution is -2.52. The smallest absolute Gasteiger partial charge is 0.317 e. The normalized spacial score (nSPS) is 15.3. The highest BCUT2D eigenvalue weighted by molar-refractivity contribution is 5.74. The number of piperazine rings is 1. The molecule has 0 radical (unpaired) electrons. The maximum atomic E-state index is 12.9. The van der Waals surface area contributed by atoms with Gasteiger partial charge in [-0.15, -0.1) is 0 Å². The Morgan fingerprint density at radius 3 is 2.41 bits per heavy atom. The highest BCUT2D eigenvalue weighted by Gasteiger charge is 2.20. The number of halogens is 1. The number of rotatable bonds is 5. The molecule has 0 spiro atoms. The van der Waals surface area contributed by atoms with Crippen LogP contribution in [0.2, 0.25) is 0 Å². The Hall–Kier alpha value is -1.78. The number of hydrogen-bond donors (Lipinski definition) is 1. The molecule has 1 aliphatic rings. The monoisotopic (exact) mass is 307 g/mol. The fraction of sp³-hybridized carbons (Fsp3) is 0.588. The van der Waals surface area contributed by atoms with E-state index in [4.69, 9.17) is 0 Å².